The van der Waals surface area contributed by atoms with Crippen LogP contribution in [0.15, 0.2) is 42.5 Å². The van der Waals surface area contributed by atoms with Crippen molar-refractivity contribution in [2.24, 2.45) is 0 Å². The molecule has 1 unspecified atom stereocenters. The quantitative estimate of drug-likeness (QED) is 0.866. The van der Waals surface area contributed by atoms with Crippen LogP contribution in [-0.2, 0) is 11.2 Å². The Kier molecular flexibility index (Phi) is 3.56. The maximum atomic E-state index is 11.9. The molecule has 0 aromatic heterocycles. The standard InChI is InChI=1S/C17H14Cl2O2/c1-17(18,19)15(20)9-10-6-7-12-11-4-2-3-5-13(11)16(21)14(12)8-10/h2-8,16,21H,9H2,1H3. The summed E-state index contributed by atoms with van der Waals surface area (Å²) in [4.78, 5) is 11.9. The summed E-state index contributed by atoms with van der Waals surface area (Å²) in [7, 11) is 0. The van der Waals surface area contributed by atoms with Crippen LogP contribution in [0.2, 0.25) is 0 Å². The van der Waals surface area contributed by atoms with E-state index in [1.54, 1.807) is 0 Å². The van der Waals surface area contributed by atoms with Gasteiger partial charge in [-0.25, -0.2) is 0 Å². The molecule has 0 amide bonds. The van der Waals surface area contributed by atoms with Crippen molar-refractivity contribution in [2.75, 3.05) is 0 Å². The summed E-state index contributed by atoms with van der Waals surface area (Å²) in [5, 5.41) is 10.4. The first-order valence-corrected chi connectivity index (χ1v) is 7.45. The number of Topliss-reactive ketones (excluding diaryl/α,β-unsaturated/α-hetero) is 1. The van der Waals surface area contributed by atoms with Crippen molar-refractivity contribution >= 4 is 29.0 Å². The van der Waals surface area contributed by atoms with E-state index in [9.17, 15) is 9.90 Å². The molecule has 3 rings (SSSR count). The Morgan fingerprint density at radius 1 is 1.14 bits per heavy atom. The number of benzene rings is 2. The number of alkyl halides is 2. The molecule has 1 aliphatic carbocycles. The molecule has 1 aliphatic rings. The third-order valence-electron chi connectivity index (χ3n) is 3.81. The highest BCUT2D eigenvalue weighted by atomic mass is 35.5. The van der Waals surface area contributed by atoms with Gasteiger partial charge in [-0.15, -0.1) is 0 Å². The van der Waals surface area contributed by atoms with Crippen LogP contribution < -0.4 is 0 Å². The van der Waals surface area contributed by atoms with Gasteiger partial charge in [0.1, 0.15) is 6.10 Å². The molecule has 108 valence electrons. The fourth-order valence-corrected chi connectivity index (χ4v) is 2.82. The zero-order valence-corrected chi connectivity index (χ0v) is 12.9. The van der Waals surface area contributed by atoms with E-state index in [4.69, 9.17) is 23.2 Å². The summed E-state index contributed by atoms with van der Waals surface area (Å²) in [6, 6.07) is 13.4. The summed E-state index contributed by atoms with van der Waals surface area (Å²) in [6.45, 7) is 1.47. The Labute approximate surface area is 133 Å². The lowest BCUT2D eigenvalue weighted by Gasteiger charge is -2.13. The molecule has 1 N–H and O–H groups in total. The molecule has 2 aromatic rings. The molecule has 0 saturated carbocycles. The number of hydrogen-bond donors (Lipinski definition) is 1. The topological polar surface area (TPSA) is 37.3 Å². The molecule has 21 heavy (non-hydrogen) atoms. The lowest BCUT2D eigenvalue weighted by atomic mass is 9.99. The fourth-order valence-electron chi connectivity index (χ4n) is 2.68. The van der Waals surface area contributed by atoms with Gasteiger partial charge in [0.15, 0.2) is 10.1 Å². The summed E-state index contributed by atoms with van der Waals surface area (Å²) < 4.78 is -1.39. The molecule has 0 heterocycles. The summed E-state index contributed by atoms with van der Waals surface area (Å²) in [6.07, 6.45) is -0.496. The van der Waals surface area contributed by atoms with Crippen molar-refractivity contribution in [3.8, 4) is 11.1 Å². The van der Waals surface area contributed by atoms with E-state index in [2.05, 4.69) is 0 Å². The van der Waals surface area contributed by atoms with E-state index in [1.165, 1.54) is 6.92 Å². The normalized spacial score (nSPS) is 16.5. The number of carbonyl (C=O) groups is 1. The van der Waals surface area contributed by atoms with Crippen molar-refractivity contribution < 1.29 is 9.90 Å². The number of rotatable bonds is 3. The second-order valence-corrected chi connectivity index (χ2v) is 7.11. The summed E-state index contributed by atoms with van der Waals surface area (Å²) in [5.41, 5.74) is 4.58. The van der Waals surface area contributed by atoms with E-state index in [1.807, 2.05) is 42.5 Å². The van der Waals surface area contributed by atoms with Crippen LogP contribution in [0.25, 0.3) is 11.1 Å². The summed E-state index contributed by atoms with van der Waals surface area (Å²) >= 11 is 11.6. The minimum atomic E-state index is -1.39. The summed E-state index contributed by atoms with van der Waals surface area (Å²) in [5.74, 6) is -0.254. The van der Waals surface area contributed by atoms with Gasteiger partial charge in [-0.05, 0) is 34.7 Å². The third-order valence-corrected chi connectivity index (χ3v) is 4.23. The lowest BCUT2D eigenvalue weighted by molar-refractivity contribution is -0.118. The fraction of sp³-hybridized carbons (Fsp3) is 0.235. The van der Waals surface area contributed by atoms with Gasteiger partial charge in [0.2, 0.25) is 0 Å². The predicted molar refractivity (Wildman–Crippen MR) is 84.8 cm³/mol. The Bertz CT molecular complexity index is 717. The first-order valence-electron chi connectivity index (χ1n) is 6.69. The van der Waals surface area contributed by atoms with Crippen LogP contribution in [0, 0.1) is 0 Å². The van der Waals surface area contributed by atoms with Gasteiger partial charge in [-0.2, -0.15) is 0 Å². The second kappa shape index (κ2) is 5.13. The third kappa shape index (κ3) is 2.59. The molecular weight excluding hydrogens is 307 g/mol. The molecule has 1 atom stereocenters. The number of carbonyl (C=O) groups excluding carboxylic acids is 1. The van der Waals surface area contributed by atoms with Crippen LogP contribution in [-0.4, -0.2) is 15.2 Å². The van der Waals surface area contributed by atoms with Crippen molar-refractivity contribution in [1.82, 2.24) is 0 Å². The van der Waals surface area contributed by atoms with Gasteiger partial charge in [0.05, 0.1) is 0 Å². The smallest absolute Gasteiger partial charge is 0.173 e. The average Bonchev–Trinajstić information content (AvgIpc) is 2.72. The maximum absolute atomic E-state index is 11.9. The molecule has 4 heteroatoms. The van der Waals surface area contributed by atoms with Crippen molar-refractivity contribution in [3.63, 3.8) is 0 Å². The van der Waals surface area contributed by atoms with E-state index in [0.29, 0.717) is 0 Å². The number of hydrogen-bond acceptors (Lipinski definition) is 2. The van der Waals surface area contributed by atoms with Gasteiger partial charge >= 0.3 is 0 Å². The van der Waals surface area contributed by atoms with E-state index >= 15 is 0 Å². The predicted octanol–water partition coefficient (Wildman–Crippen LogP) is 4.05. The second-order valence-electron chi connectivity index (χ2n) is 5.40. The lowest BCUT2D eigenvalue weighted by Crippen LogP contribution is -2.23. The average molecular weight is 321 g/mol. The Balaban J connectivity index is 1.96. The van der Waals surface area contributed by atoms with E-state index < -0.39 is 10.4 Å². The first kappa shape index (κ1) is 14.6. The van der Waals surface area contributed by atoms with Crippen LogP contribution >= 0.6 is 23.2 Å². The Hall–Kier alpha value is -1.35. The number of ketones is 1. The Morgan fingerprint density at radius 2 is 1.81 bits per heavy atom. The molecular formula is C17H14Cl2O2. The van der Waals surface area contributed by atoms with Gasteiger partial charge in [-0.1, -0.05) is 65.7 Å². The number of halogens is 2. The minimum Gasteiger partial charge on any atom is -0.384 e. The monoisotopic (exact) mass is 320 g/mol. The van der Waals surface area contributed by atoms with Crippen LogP contribution in [0.1, 0.15) is 29.7 Å². The molecule has 0 aliphatic heterocycles. The maximum Gasteiger partial charge on any atom is 0.173 e. The van der Waals surface area contributed by atoms with Crippen molar-refractivity contribution in [3.05, 3.63) is 59.2 Å². The van der Waals surface area contributed by atoms with Crippen LogP contribution in [0.5, 0.6) is 0 Å². The number of aliphatic hydroxyl groups excluding tert-OH is 1. The van der Waals surface area contributed by atoms with E-state index in [0.717, 1.165) is 27.8 Å². The molecule has 0 fully saturated rings. The zero-order valence-electron chi connectivity index (χ0n) is 11.4. The van der Waals surface area contributed by atoms with Crippen molar-refractivity contribution in [2.45, 2.75) is 23.8 Å². The van der Waals surface area contributed by atoms with Crippen LogP contribution in [0.4, 0.5) is 0 Å². The molecule has 2 aromatic carbocycles. The SMILES string of the molecule is CC(Cl)(Cl)C(=O)Cc1ccc2c(c1)C(O)c1ccccc1-2. The highest BCUT2D eigenvalue weighted by Gasteiger charge is 2.29. The Morgan fingerprint density at radius 3 is 2.52 bits per heavy atom. The number of aliphatic hydroxyl groups is 1. The van der Waals surface area contributed by atoms with Crippen molar-refractivity contribution in [1.29, 1.82) is 0 Å². The largest absolute Gasteiger partial charge is 0.384 e. The zero-order chi connectivity index (χ0) is 15.2. The van der Waals surface area contributed by atoms with Gasteiger partial charge in [0.25, 0.3) is 0 Å². The van der Waals surface area contributed by atoms with Gasteiger partial charge in [-0.3, -0.25) is 4.79 Å². The molecule has 0 spiro atoms. The molecule has 2 nitrogen and oxygen atoms in total. The highest BCUT2D eigenvalue weighted by Crippen LogP contribution is 2.43. The molecule has 0 saturated heterocycles. The number of fused-ring (bicyclic) bond motifs is 3. The highest BCUT2D eigenvalue weighted by molar-refractivity contribution is 6.58. The van der Waals surface area contributed by atoms with E-state index in [-0.39, 0.29) is 12.2 Å². The molecule has 0 radical (unpaired) electrons. The first-order chi connectivity index (χ1) is 9.88. The van der Waals surface area contributed by atoms with Gasteiger partial charge in [0, 0.05) is 6.42 Å². The molecule has 0 bridgehead atoms. The minimum absolute atomic E-state index is 0.153. The van der Waals surface area contributed by atoms with Crippen LogP contribution in [0.3, 0.4) is 0 Å². The van der Waals surface area contributed by atoms with Gasteiger partial charge < -0.3 is 5.11 Å².